The molecule has 0 aliphatic rings. The van der Waals surface area contributed by atoms with Crippen molar-refractivity contribution < 1.29 is 22.7 Å². The van der Waals surface area contributed by atoms with Crippen LogP contribution in [0.15, 0.2) is 53.7 Å². The SMILES string of the molecule is C[C@@H](OC(=O)c1cccnc1)C(=O)Nc1ccc(S(N)(=O)=O)cc1. The molecule has 8 nitrogen and oxygen atoms in total. The van der Waals surface area contributed by atoms with Crippen LogP contribution in [0.25, 0.3) is 0 Å². The molecule has 1 heterocycles. The third-order valence-corrected chi connectivity index (χ3v) is 3.93. The molecule has 0 radical (unpaired) electrons. The smallest absolute Gasteiger partial charge is 0.340 e. The van der Waals surface area contributed by atoms with Crippen molar-refractivity contribution in [2.45, 2.75) is 17.9 Å². The van der Waals surface area contributed by atoms with E-state index < -0.39 is 28.0 Å². The van der Waals surface area contributed by atoms with Gasteiger partial charge < -0.3 is 10.1 Å². The maximum atomic E-state index is 12.0. The summed E-state index contributed by atoms with van der Waals surface area (Å²) in [5, 5.41) is 7.50. The number of esters is 1. The number of rotatable bonds is 5. The number of benzene rings is 1. The average Bonchev–Trinajstić information content (AvgIpc) is 2.55. The molecule has 0 aliphatic heterocycles. The number of pyridine rings is 1. The third-order valence-electron chi connectivity index (χ3n) is 3.00. The lowest BCUT2D eigenvalue weighted by Gasteiger charge is -2.13. The zero-order valence-electron chi connectivity index (χ0n) is 12.7. The van der Waals surface area contributed by atoms with Crippen LogP contribution in [0.3, 0.4) is 0 Å². The normalized spacial score (nSPS) is 12.2. The highest BCUT2D eigenvalue weighted by atomic mass is 32.2. The second-order valence-electron chi connectivity index (χ2n) is 4.85. The second-order valence-corrected chi connectivity index (χ2v) is 6.41. The zero-order chi connectivity index (χ0) is 17.7. The van der Waals surface area contributed by atoms with Crippen molar-refractivity contribution in [3.8, 4) is 0 Å². The zero-order valence-corrected chi connectivity index (χ0v) is 13.5. The van der Waals surface area contributed by atoms with E-state index in [2.05, 4.69) is 10.3 Å². The molecule has 0 saturated heterocycles. The highest BCUT2D eigenvalue weighted by Gasteiger charge is 2.19. The highest BCUT2D eigenvalue weighted by molar-refractivity contribution is 7.89. The molecule has 126 valence electrons. The molecule has 1 aromatic carbocycles. The first kappa shape index (κ1) is 17.6. The monoisotopic (exact) mass is 349 g/mol. The first-order valence-electron chi connectivity index (χ1n) is 6.82. The molecule has 3 N–H and O–H groups in total. The fourth-order valence-electron chi connectivity index (χ4n) is 1.74. The Bertz CT molecular complexity index is 835. The van der Waals surface area contributed by atoms with Crippen LogP contribution in [-0.2, 0) is 19.6 Å². The Morgan fingerprint density at radius 3 is 2.42 bits per heavy atom. The number of amides is 1. The Labute approximate surface area is 138 Å². The van der Waals surface area contributed by atoms with Crippen LogP contribution in [0.4, 0.5) is 5.69 Å². The van der Waals surface area contributed by atoms with Gasteiger partial charge in [-0.1, -0.05) is 0 Å². The van der Waals surface area contributed by atoms with Crippen LogP contribution in [0.2, 0.25) is 0 Å². The van der Waals surface area contributed by atoms with Crippen LogP contribution >= 0.6 is 0 Å². The molecule has 0 saturated carbocycles. The number of carbonyl (C=O) groups excluding carboxylic acids is 2. The number of ether oxygens (including phenoxy) is 1. The lowest BCUT2D eigenvalue weighted by molar-refractivity contribution is -0.123. The summed E-state index contributed by atoms with van der Waals surface area (Å²) in [6, 6.07) is 8.38. The van der Waals surface area contributed by atoms with Crippen molar-refractivity contribution >= 4 is 27.6 Å². The van der Waals surface area contributed by atoms with Crippen LogP contribution in [0.5, 0.6) is 0 Å². The quantitative estimate of drug-likeness (QED) is 0.772. The minimum atomic E-state index is -3.80. The van der Waals surface area contributed by atoms with Crippen molar-refractivity contribution in [3.63, 3.8) is 0 Å². The number of nitrogens with two attached hydrogens (primary N) is 1. The summed E-state index contributed by atoms with van der Waals surface area (Å²) >= 11 is 0. The van der Waals surface area contributed by atoms with Crippen LogP contribution in [0, 0.1) is 0 Å². The van der Waals surface area contributed by atoms with Crippen molar-refractivity contribution in [1.82, 2.24) is 4.98 Å². The Kier molecular flexibility index (Phi) is 5.27. The number of nitrogens with one attached hydrogen (secondary N) is 1. The van der Waals surface area contributed by atoms with E-state index in [1.54, 1.807) is 6.07 Å². The van der Waals surface area contributed by atoms with Gasteiger partial charge in [-0.15, -0.1) is 0 Å². The molecule has 1 amide bonds. The van der Waals surface area contributed by atoms with Gasteiger partial charge >= 0.3 is 5.97 Å². The summed E-state index contributed by atoms with van der Waals surface area (Å²) < 4.78 is 27.4. The standard InChI is InChI=1S/C15H15N3O5S/c1-10(23-15(20)11-3-2-8-17-9-11)14(19)18-12-4-6-13(7-5-12)24(16,21)22/h2-10H,1H3,(H,18,19)(H2,16,21,22)/t10-/m1/s1. The number of hydrogen-bond acceptors (Lipinski definition) is 6. The fraction of sp³-hybridized carbons (Fsp3) is 0.133. The number of sulfonamides is 1. The van der Waals surface area contributed by atoms with E-state index >= 15 is 0 Å². The average molecular weight is 349 g/mol. The number of anilines is 1. The molecule has 0 bridgehead atoms. The second kappa shape index (κ2) is 7.20. The number of aromatic nitrogens is 1. The maximum Gasteiger partial charge on any atom is 0.340 e. The Hall–Kier alpha value is -2.78. The molecule has 2 aromatic rings. The van der Waals surface area contributed by atoms with Gasteiger partial charge in [-0.2, -0.15) is 0 Å². The van der Waals surface area contributed by atoms with Gasteiger partial charge in [0.1, 0.15) is 0 Å². The predicted molar refractivity (Wildman–Crippen MR) is 85.6 cm³/mol. The minimum absolute atomic E-state index is 0.0726. The molecule has 0 spiro atoms. The van der Waals surface area contributed by atoms with Gasteiger partial charge in [0.2, 0.25) is 10.0 Å². The summed E-state index contributed by atoms with van der Waals surface area (Å²) in [5.74, 6) is -1.23. The van der Waals surface area contributed by atoms with Crippen molar-refractivity contribution in [3.05, 3.63) is 54.4 Å². The van der Waals surface area contributed by atoms with Crippen molar-refractivity contribution in [2.24, 2.45) is 5.14 Å². The van der Waals surface area contributed by atoms with E-state index in [4.69, 9.17) is 9.88 Å². The largest absolute Gasteiger partial charge is 0.449 e. The minimum Gasteiger partial charge on any atom is -0.449 e. The van der Waals surface area contributed by atoms with Crippen LogP contribution in [-0.4, -0.2) is 31.4 Å². The molecular weight excluding hydrogens is 334 g/mol. The molecule has 0 unspecified atom stereocenters. The molecule has 1 atom stereocenters. The van der Waals surface area contributed by atoms with E-state index in [1.165, 1.54) is 49.6 Å². The van der Waals surface area contributed by atoms with Crippen molar-refractivity contribution in [1.29, 1.82) is 0 Å². The number of primary sulfonamides is 1. The van der Waals surface area contributed by atoms with Gasteiger partial charge in [0.15, 0.2) is 6.10 Å². The van der Waals surface area contributed by atoms with E-state index in [0.29, 0.717) is 5.69 Å². The predicted octanol–water partition coefficient (Wildman–Crippen LogP) is 0.913. The van der Waals surface area contributed by atoms with E-state index in [9.17, 15) is 18.0 Å². The molecule has 0 fully saturated rings. The third kappa shape index (κ3) is 4.61. The summed E-state index contributed by atoms with van der Waals surface area (Å²) in [5.41, 5.74) is 0.575. The fourth-order valence-corrected chi connectivity index (χ4v) is 2.25. The summed E-state index contributed by atoms with van der Waals surface area (Å²) in [6.45, 7) is 1.42. The van der Waals surface area contributed by atoms with Crippen LogP contribution in [0.1, 0.15) is 17.3 Å². The van der Waals surface area contributed by atoms with E-state index in [0.717, 1.165) is 0 Å². The first-order valence-corrected chi connectivity index (χ1v) is 8.37. The molecule has 2 rings (SSSR count). The first-order chi connectivity index (χ1) is 11.3. The van der Waals surface area contributed by atoms with E-state index in [-0.39, 0.29) is 10.5 Å². The molecule has 9 heteroatoms. The summed E-state index contributed by atoms with van der Waals surface area (Å²) in [6.07, 6.45) is 1.80. The van der Waals surface area contributed by atoms with Gasteiger partial charge in [0.05, 0.1) is 10.5 Å². The number of hydrogen-bond donors (Lipinski definition) is 2. The molecule has 0 aliphatic carbocycles. The summed E-state index contributed by atoms with van der Waals surface area (Å²) in [4.78, 5) is 27.6. The Balaban J connectivity index is 1.98. The molecule has 24 heavy (non-hydrogen) atoms. The Morgan fingerprint density at radius 1 is 1.21 bits per heavy atom. The van der Waals surface area contributed by atoms with Gasteiger partial charge in [0.25, 0.3) is 5.91 Å². The molecule has 1 aromatic heterocycles. The Morgan fingerprint density at radius 2 is 1.88 bits per heavy atom. The van der Waals surface area contributed by atoms with Gasteiger partial charge in [0, 0.05) is 18.1 Å². The van der Waals surface area contributed by atoms with E-state index in [1.807, 2.05) is 0 Å². The lowest BCUT2D eigenvalue weighted by atomic mass is 10.2. The molecular formula is C15H15N3O5S. The topological polar surface area (TPSA) is 128 Å². The number of nitrogens with zero attached hydrogens (tertiary/aromatic N) is 1. The highest BCUT2D eigenvalue weighted by Crippen LogP contribution is 2.13. The maximum absolute atomic E-state index is 12.0. The van der Waals surface area contributed by atoms with Gasteiger partial charge in [-0.3, -0.25) is 9.78 Å². The number of carbonyl (C=O) groups is 2. The lowest BCUT2D eigenvalue weighted by Crippen LogP contribution is -2.30. The summed E-state index contributed by atoms with van der Waals surface area (Å²) in [7, 11) is -3.80. The van der Waals surface area contributed by atoms with Crippen molar-refractivity contribution in [2.75, 3.05) is 5.32 Å². The van der Waals surface area contributed by atoms with Gasteiger partial charge in [-0.25, -0.2) is 18.4 Å². The van der Waals surface area contributed by atoms with Crippen LogP contribution < -0.4 is 10.5 Å². The van der Waals surface area contributed by atoms with Gasteiger partial charge in [-0.05, 0) is 43.3 Å².